The molecule has 0 aliphatic carbocycles. The Labute approximate surface area is 103 Å². The van der Waals surface area contributed by atoms with E-state index in [0.717, 1.165) is 0 Å². The van der Waals surface area contributed by atoms with Crippen LogP contribution < -0.4 is 5.32 Å². The second-order valence-electron chi connectivity index (χ2n) is 3.15. The number of ether oxygens (including phenoxy) is 1. The van der Waals surface area contributed by atoms with E-state index in [1.54, 1.807) is 6.92 Å². The zero-order chi connectivity index (χ0) is 12.8. The number of hydrogen-bond acceptors (Lipinski definition) is 4. The van der Waals surface area contributed by atoms with Crippen molar-refractivity contribution in [2.45, 2.75) is 6.92 Å². The minimum absolute atomic E-state index is 0.0544. The largest absolute Gasteiger partial charge is 0.478 e. The van der Waals surface area contributed by atoms with Gasteiger partial charge >= 0.3 is 11.9 Å². The number of carboxylic acids is 1. The quantitative estimate of drug-likeness (QED) is 0.789. The molecule has 0 heterocycles. The van der Waals surface area contributed by atoms with Crippen LogP contribution in [0.3, 0.4) is 0 Å². The van der Waals surface area contributed by atoms with E-state index >= 15 is 0 Å². The molecule has 5 nitrogen and oxygen atoms in total. The lowest BCUT2D eigenvalue weighted by molar-refractivity contribution is -0.140. The van der Waals surface area contributed by atoms with Gasteiger partial charge in [-0.2, -0.15) is 0 Å². The maximum atomic E-state index is 11.1. The lowest BCUT2D eigenvalue weighted by Gasteiger charge is -2.09. The van der Waals surface area contributed by atoms with Crippen molar-refractivity contribution in [3.8, 4) is 0 Å². The van der Waals surface area contributed by atoms with Crippen molar-refractivity contribution in [3.05, 3.63) is 28.8 Å². The lowest BCUT2D eigenvalue weighted by atomic mass is 10.2. The molecular formula is C11H12ClNO4. The molecule has 1 aromatic carbocycles. The minimum Gasteiger partial charge on any atom is -0.478 e. The van der Waals surface area contributed by atoms with Crippen molar-refractivity contribution in [2.75, 3.05) is 18.5 Å². The zero-order valence-electron chi connectivity index (χ0n) is 9.20. The van der Waals surface area contributed by atoms with Crippen LogP contribution in [0.1, 0.15) is 17.3 Å². The maximum absolute atomic E-state index is 11.1. The van der Waals surface area contributed by atoms with Crippen LogP contribution in [0, 0.1) is 0 Å². The molecular weight excluding hydrogens is 246 g/mol. The molecule has 0 fully saturated rings. The highest BCUT2D eigenvalue weighted by Gasteiger charge is 2.11. The number of benzene rings is 1. The number of carboxylic acid groups (broad SMARTS) is 1. The van der Waals surface area contributed by atoms with E-state index in [4.69, 9.17) is 21.4 Å². The number of rotatable bonds is 5. The Morgan fingerprint density at radius 1 is 1.47 bits per heavy atom. The third-order valence-corrected chi connectivity index (χ3v) is 2.18. The average Bonchev–Trinajstić information content (AvgIpc) is 2.26. The van der Waals surface area contributed by atoms with Crippen molar-refractivity contribution in [3.63, 3.8) is 0 Å². The Kier molecular flexibility index (Phi) is 4.78. The first-order valence-corrected chi connectivity index (χ1v) is 5.34. The zero-order valence-corrected chi connectivity index (χ0v) is 9.95. The van der Waals surface area contributed by atoms with E-state index < -0.39 is 11.9 Å². The smallest absolute Gasteiger partial charge is 0.337 e. The highest BCUT2D eigenvalue weighted by atomic mass is 35.5. The van der Waals surface area contributed by atoms with Crippen LogP contribution in [0.5, 0.6) is 0 Å². The monoisotopic (exact) mass is 257 g/mol. The van der Waals surface area contributed by atoms with Crippen LogP contribution in [-0.2, 0) is 9.53 Å². The van der Waals surface area contributed by atoms with Gasteiger partial charge in [0.15, 0.2) is 0 Å². The van der Waals surface area contributed by atoms with Crippen LogP contribution in [0.4, 0.5) is 5.69 Å². The van der Waals surface area contributed by atoms with Crippen LogP contribution in [-0.4, -0.2) is 30.2 Å². The van der Waals surface area contributed by atoms with Crippen LogP contribution in [0.15, 0.2) is 18.2 Å². The van der Waals surface area contributed by atoms with Gasteiger partial charge in [0, 0.05) is 5.02 Å². The molecule has 0 amide bonds. The summed E-state index contributed by atoms with van der Waals surface area (Å²) in [5.74, 6) is -1.54. The molecule has 0 radical (unpaired) electrons. The molecule has 1 rings (SSSR count). The van der Waals surface area contributed by atoms with Crippen molar-refractivity contribution < 1.29 is 19.4 Å². The second kappa shape index (κ2) is 6.10. The second-order valence-corrected chi connectivity index (χ2v) is 3.59. The summed E-state index contributed by atoms with van der Waals surface area (Å²) in [5, 5.41) is 12.0. The molecule has 6 heteroatoms. The predicted molar refractivity (Wildman–Crippen MR) is 63.5 cm³/mol. The van der Waals surface area contributed by atoms with E-state index in [-0.39, 0.29) is 24.4 Å². The molecule has 2 N–H and O–H groups in total. The summed E-state index contributed by atoms with van der Waals surface area (Å²) < 4.78 is 4.71. The molecule has 0 aliphatic rings. The van der Waals surface area contributed by atoms with Gasteiger partial charge in [-0.15, -0.1) is 0 Å². The number of nitrogens with one attached hydrogen (secondary N) is 1. The predicted octanol–water partition coefficient (Wildman–Crippen LogP) is 2.01. The molecule has 0 saturated carbocycles. The summed E-state index contributed by atoms with van der Waals surface area (Å²) in [4.78, 5) is 22.0. The molecule has 0 saturated heterocycles. The number of carbonyl (C=O) groups excluding carboxylic acids is 1. The van der Waals surface area contributed by atoms with Crippen LogP contribution >= 0.6 is 11.6 Å². The number of hydrogen-bond donors (Lipinski definition) is 2. The molecule has 17 heavy (non-hydrogen) atoms. The van der Waals surface area contributed by atoms with E-state index in [1.807, 2.05) is 0 Å². The van der Waals surface area contributed by atoms with E-state index in [2.05, 4.69) is 5.32 Å². The SMILES string of the molecule is CCOC(=O)CNc1cc(Cl)ccc1C(=O)O. The average molecular weight is 258 g/mol. The van der Waals surface area contributed by atoms with E-state index in [1.165, 1.54) is 18.2 Å². The Hall–Kier alpha value is -1.75. The van der Waals surface area contributed by atoms with E-state index in [0.29, 0.717) is 5.02 Å². The first kappa shape index (κ1) is 13.3. The number of anilines is 1. The molecule has 1 aromatic rings. The van der Waals surface area contributed by atoms with Gasteiger partial charge in [-0.3, -0.25) is 4.79 Å². The van der Waals surface area contributed by atoms with Gasteiger partial charge in [-0.05, 0) is 25.1 Å². The number of carbonyl (C=O) groups is 2. The summed E-state index contributed by atoms with van der Waals surface area (Å²) >= 11 is 5.75. The molecule has 0 aromatic heterocycles. The maximum Gasteiger partial charge on any atom is 0.337 e. The van der Waals surface area contributed by atoms with Gasteiger partial charge in [0.05, 0.1) is 17.9 Å². The fraction of sp³-hybridized carbons (Fsp3) is 0.273. The summed E-state index contributed by atoms with van der Waals surface area (Å²) in [6.45, 7) is 1.87. The summed E-state index contributed by atoms with van der Waals surface area (Å²) in [7, 11) is 0. The molecule has 92 valence electrons. The third kappa shape index (κ3) is 3.96. The Morgan fingerprint density at radius 2 is 2.18 bits per heavy atom. The standard InChI is InChI=1S/C11H12ClNO4/c1-2-17-10(14)6-13-9-5-7(12)3-4-8(9)11(15)16/h3-5,13H,2,6H2,1H3,(H,15,16). The van der Waals surface area contributed by atoms with Gasteiger partial charge < -0.3 is 15.2 Å². The molecule has 0 spiro atoms. The van der Waals surface area contributed by atoms with Crippen LogP contribution in [0.25, 0.3) is 0 Å². The van der Waals surface area contributed by atoms with Gasteiger partial charge in [0.25, 0.3) is 0 Å². The molecule has 0 unspecified atom stereocenters. The summed E-state index contributed by atoms with van der Waals surface area (Å²) in [6.07, 6.45) is 0. The first-order chi connectivity index (χ1) is 8.04. The van der Waals surface area contributed by atoms with Gasteiger partial charge in [0.2, 0.25) is 0 Å². The van der Waals surface area contributed by atoms with Crippen molar-refractivity contribution in [1.82, 2.24) is 0 Å². The minimum atomic E-state index is -1.09. The summed E-state index contributed by atoms with van der Waals surface area (Å²) in [6, 6.07) is 4.29. The third-order valence-electron chi connectivity index (χ3n) is 1.94. The molecule has 0 aliphatic heterocycles. The Bertz CT molecular complexity index is 433. The fourth-order valence-electron chi connectivity index (χ4n) is 1.23. The number of aromatic carboxylic acids is 1. The molecule has 0 atom stereocenters. The highest BCUT2D eigenvalue weighted by molar-refractivity contribution is 6.31. The van der Waals surface area contributed by atoms with E-state index in [9.17, 15) is 9.59 Å². The normalized spacial score (nSPS) is 9.76. The van der Waals surface area contributed by atoms with Crippen LogP contribution in [0.2, 0.25) is 5.02 Å². The lowest BCUT2D eigenvalue weighted by Crippen LogP contribution is -2.18. The number of halogens is 1. The summed E-state index contributed by atoms with van der Waals surface area (Å²) in [5.41, 5.74) is 0.344. The van der Waals surface area contributed by atoms with Crippen molar-refractivity contribution in [1.29, 1.82) is 0 Å². The van der Waals surface area contributed by atoms with Gasteiger partial charge in [0.1, 0.15) is 6.54 Å². The van der Waals surface area contributed by atoms with Crippen molar-refractivity contribution >= 4 is 29.2 Å². The topological polar surface area (TPSA) is 75.6 Å². The Balaban J connectivity index is 2.78. The number of esters is 1. The Morgan fingerprint density at radius 3 is 2.76 bits per heavy atom. The highest BCUT2D eigenvalue weighted by Crippen LogP contribution is 2.20. The fourth-order valence-corrected chi connectivity index (χ4v) is 1.40. The van der Waals surface area contributed by atoms with Gasteiger partial charge in [-0.25, -0.2) is 4.79 Å². The van der Waals surface area contributed by atoms with Crippen molar-refractivity contribution in [2.24, 2.45) is 0 Å². The molecule has 0 bridgehead atoms. The van der Waals surface area contributed by atoms with Gasteiger partial charge in [-0.1, -0.05) is 11.6 Å². The first-order valence-electron chi connectivity index (χ1n) is 4.97.